The number of hydrogen-bond donors (Lipinski definition) is 5. The molecule has 3 atom stereocenters. The number of rotatable bonds is 10. The average Bonchev–Trinajstić information content (AvgIpc) is 3.45. The number of carboxylic acids is 2. The normalized spacial score (nSPS) is 23.5. The average molecular weight is 541 g/mol. The molecular formula is C19H20N6O9S2. The van der Waals surface area contributed by atoms with Gasteiger partial charge in [-0.05, 0) is 6.42 Å². The van der Waals surface area contributed by atoms with E-state index in [2.05, 4.69) is 25.6 Å². The van der Waals surface area contributed by atoms with E-state index in [-0.39, 0.29) is 46.6 Å². The zero-order valence-electron chi connectivity index (χ0n) is 18.3. The van der Waals surface area contributed by atoms with Crippen LogP contribution in [0.1, 0.15) is 18.5 Å². The Morgan fingerprint density at radius 1 is 1.33 bits per heavy atom. The molecule has 4 heterocycles. The van der Waals surface area contributed by atoms with E-state index in [0.29, 0.717) is 12.8 Å². The third kappa shape index (κ3) is 5.20. The Hall–Kier alpha value is -3.86. The molecule has 0 saturated carbocycles. The van der Waals surface area contributed by atoms with Crippen LogP contribution in [0.15, 0.2) is 22.0 Å². The Morgan fingerprint density at radius 3 is 2.72 bits per heavy atom. The van der Waals surface area contributed by atoms with Gasteiger partial charge >= 0.3 is 11.9 Å². The van der Waals surface area contributed by atoms with Crippen LogP contribution in [-0.4, -0.2) is 91.9 Å². The van der Waals surface area contributed by atoms with Gasteiger partial charge in [-0.25, -0.2) is 14.6 Å². The molecule has 0 aliphatic carbocycles. The summed E-state index contributed by atoms with van der Waals surface area (Å²) in [7, 11) is 0. The van der Waals surface area contributed by atoms with Crippen LogP contribution >= 0.6 is 23.1 Å². The van der Waals surface area contributed by atoms with Gasteiger partial charge in [0.2, 0.25) is 12.5 Å². The quantitative estimate of drug-likeness (QED) is 0.130. The number of fused-ring (bicyclic) bond motifs is 1. The Kier molecular flexibility index (Phi) is 7.30. The highest BCUT2D eigenvalue weighted by Crippen LogP contribution is 2.40. The van der Waals surface area contributed by atoms with Crippen molar-refractivity contribution in [3.05, 3.63) is 22.5 Å². The number of amides is 3. The van der Waals surface area contributed by atoms with E-state index < -0.39 is 47.5 Å². The van der Waals surface area contributed by atoms with E-state index in [1.807, 2.05) is 0 Å². The third-order valence-electron chi connectivity index (χ3n) is 5.29. The largest absolute Gasteiger partial charge is 0.492 e. The van der Waals surface area contributed by atoms with Crippen molar-refractivity contribution in [1.82, 2.24) is 20.5 Å². The zero-order valence-corrected chi connectivity index (χ0v) is 20.0. The number of aliphatic carboxylic acids is 2. The minimum atomic E-state index is -1.37. The first-order valence-electron chi connectivity index (χ1n) is 10.4. The van der Waals surface area contributed by atoms with Crippen molar-refractivity contribution in [2.75, 3.05) is 24.7 Å². The van der Waals surface area contributed by atoms with Gasteiger partial charge in [0.05, 0.1) is 11.8 Å². The van der Waals surface area contributed by atoms with Crippen molar-refractivity contribution < 1.29 is 43.8 Å². The number of carbonyl (C=O) groups excluding carboxylic acids is 3. The number of aromatic nitrogens is 1. The maximum absolute atomic E-state index is 12.9. The Balaban J connectivity index is 1.46. The summed E-state index contributed by atoms with van der Waals surface area (Å²) in [5.41, 5.74) is 4.89. The Labute approximate surface area is 210 Å². The van der Waals surface area contributed by atoms with Crippen molar-refractivity contribution >= 4 is 63.6 Å². The van der Waals surface area contributed by atoms with Crippen LogP contribution < -0.4 is 16.4 Å². The van der Waals surface area contributed by atoms with Crippen LogP contribution in [0.2, 0.25) is 0 Å². The number of carbonyl (C=O) groups is 5. The number of thiazole rings is 1. The van der Waals surface area contributed by atoms with Crippen molar-refractivity contribution in [1.29, 1.82) is 0 Å². The molecule has 1 unspecified atom stereocenters. The first kappa shape index (κ1) is 25.2. The van der Waals surface area contributed by atoms with Crippen molar-refractivity contribution in [2.45, 2.75) is 30.3 Å². The van der Waals surface area contributed by atoms with Crippen LogP contribution in [-0.2, 0) is 33.5 Å². The van der Waals surface area contributed by atoms with E-state index >= 15 is 0 Å². The summed E-state index contributed by atoms with van der Waals surface area (Å²) in [4.78, 5) is 69.4. The predicted molar refractivity (Wildman–Crippen MR) is 123 cm³/mol. The number of β-lactam (4-membered cyclic amide) rings is 1. The van der Waals surface area contributed by atoms with Gasteiger partial charge in [-0.15, -0.1) is 23.1 Å². The zero-order chi connectivity index (χ0) is 26.0. The van der Waals surface area contributed by atoms with Gasteiger partial charge in [-0.3, -0.25) is 19.3 Å². The number of nitrogens with one attached hydrogen (secondary N) is 2. The summed E-state index contributed by atoms with van der Waals surface area (Å²) >= 11 is 2.20. The van der Waals surface area contributed by atoms with Crippen LogP contribution in [0, 0.1) is 0 Å². The van der Waals surface area contributed by atoms with Crippen LogP contribution in [0.3, 0.4) is 0 Å². The molecule has 3 amide bonds. The van der Waals surface area contributed by atoms with Gasteiger partial charge in [-0.1, -0.05) is 5.16 Å². The van der Waals surface area contributed by atoms with E-state index in [4.69, 9.17) is 15.6 Å². The fourth-order valence-electron chi connectivity index (χ4n) is 3.67. The fourth-order valence-corrected chi connectivity index (χ4v) is 5.49. The SMILES string of the molecule is Nc1nc(/C(=N/OCC(=O)O)C(=O)N[C@@H]2C(=O)N3C(C(=O)O)=C(OCC4CCC(=O)N4)CS[C@H]23)cs1. The summed E-state index contributed by atoms with van der Waals surface area (Å²) in [5, 5.41) is 28.0. The van der Waals surface area contributed by atoms with Crippen molar-refractivity contribution in [3.8, 4) is 0 Å². The highest BCUT2D eigenvalue weighted by Gasteiger charge is 2.55. The number of oxime groups is 1. The molecule has 17 heteroatoms. The standard InChI is InChI=1S/C19H20N6O9S2/c20-19-22-8(5-36-19)12(24-34-4-11(27)28)15(29)23-13-16(30)25-14(18(31)32)9(6-35-17(13)25)33-3-7-1-2-10(26)21-7/h5,7,13,17H,1-4,6H2,(H2,20,22)(H,21,26)(H,23,29)(H,27,28)(H,31,32)/b24-12-/t7?,13-,17-/m1/s1. The number of carboxylic acid groups (broad SMARTS) is 2. The lowest BCUT2D eigenvalue weighted by atomic mass is 10.0. The first-order chi connectivity index (χ1) is 17.2. The number of hydrogen-bond acceptors (Lipinski definition) is 12. The monoisotopic (exact) mass is 540 g/mol. The maximum Gasteiger partial charge on any atom is 0.356 e. The first-order valence-corrected chi connectivity index (χ1v) is 12.4. The third-order valence-corrected chi connectivity index (χ3v) is 7.22. The second-order valence-corrected chi connectivity index (χ2v) is 9.72. The lowest BCUT2D eigenvalue weighted by Gasteiger charge is -2.49. The molecular weight excluding hydrogens is 520 g/mol. The summed E-state index contributed by atoms with van der Waals surface area (Å²) < 4.78 is 5.65. The van der Waals surface area contributed by atoms with Gasteiger partial charge in [0.25, 0.3) is 11.8 Å². The molecule has 15 nitrogen and oxygen atoms in total. The molecule has 0 radical (unpaired) electrons. The van der Waals surface area contributed by atoms with E-state index in [1.165, 1.54) is 17.1 Å². The number of nitrogens with zero attached hydrogens (tertiary/aromatic N) is 3. The molecule has 4 rings (SSSR count). The van der Waals surface area contributed by atoms with Crippen molar-refractivity contribution in [2.24, 2.45) is 5.16 Å². The molecule has 192 valence electrons. The molecule has 36 heavy (non-hydrogen) atoms. The highest BCUT2D eigenvalue weighted by molar-refractivity contribution is 8.00. The number of ether oxygens (including phenoxy) is 1. The molecule has 2 saturated heterocycles. The van der Waals surface area contributed by atoms with Gasteiger partial charge in [0, 0.05) is 11.8 Å². The Morgan fingerprint density at radius 2 is 2.11 bits per heavy atom. The topological polar surface area (TPSA) is 223 Å². The highest BCUT2D eigenvalue weighted by atomic mass is 32.2. The second-order valence-electron chi connectivity index (χ2n) is 7.73. The molecule has 0 spiro atoms. The summed E-state index contributed by atoms with van der Waals surface area (Å²) in [6.45, 7) is -0.747. The maximum atomic E-state index is 12.9. The molecule has 0 bridgehead atoms. The minimum absolute atomic E-state index is 0.0149. The van der Waals surface area contributed by atoms with Gasteiger partial charge < -0.3 is 36.2 Å². The molecule has 1 aromatic heterocycles. The van der Waals surface area contributed by atoms with Crippen LogP contribution in [0.4, 0.5) is 5.13 Å². The fraction of sp³-hybridized carbons (Fsp3) is 0.421. The van der Waals surface area contributed by atoms with Gasteiger partial charge in [-0.2, -0.15) is 0 Å². The number of anilines is 1. The second kappa shape index (κ2) is 10.4. The van der Waals surface area contributed by atoms with Crippen LogP contribution in [0.25, 0.3) is 0 Å². The predicted octanol–water partition coefficient (Wildman–Crippen LogP) is -1.48. The summed E-state index contributed by atoms with van der Waals surface area (Å²) in [6.07, 6.45) is 0.924. The molecule has 3 aliphatic heterocycles. The summed E-state index contributed by atoms with van der Waals surface area (Å²) in [6, 6.07) is -1.34. The van der Waals surface area contributed by atoms with Crippen molar-refractivity contribution in [3.63, 3.8) is 0 Å². The van der Waals surface area contributed by atoms with Gasteiger partial charge in [0.15, 0.2) is 16.5 Å². The Bertz CT molecular complexity index is 1180. The lowest BCUT2D eigenvalue weighted by molar-refractivity contribution is -0.150. The minimum Gasteiger partial charge on any atom is -0.492 e. The molecule has 0 aromatic carbocycles. The lowest BCUT2D eigenvalue weighted by Crippen LogP contribution is -2.71. The smallest absolute Gasteiger partial charge is 0.356 e. The molecule has 6 N–H and O–H groups in total. The van der Waals surface area contributed by atoms with E-state index in [1.54, 1.807) is 0 Å². The van der Waals surface area contributed by atoms with E-state index in [9.17, 15) is 29.1 Å². The number of nitrogens with two attached hydrogens (primary N) is 1. The molecule has 3 aliphatic rings. The molecule has 2 fully saturated rings. The number of thioether (sulfide) groups is 1. The van der Waals surface area contributed by atoms with E-state index in [0.717, 1.165) is 16.2 Å². The van der Waals surface area contributed by atoms with Crippen LogP contribution in [0.5, 0.6) is 0 Å². The number of nitrogen functional groups attached to an aromatic ring is 1. The summed E-state index contributed by atoms with van der Waals surface area (Å²) in [5.74, 6) is -4.16. The van der Waals surface area contributed by atoms with Gasteiger partial charge in [0.1, 0.15) is 29.5 Å². The molecule has 1 aromatic rings.